The number of carboxylic acid groups (broad SMARTS) is 1. The Labute approximate surface area is 124 Å². The van der Waals surface area contributed by atoms with E-state index >= 15 is 0 Å². The number of phosphoric acid groups is 1. The zero-order valence-corrected chi connectivity index (χ0v) is 12.0. The average Bonchev–Trinajstić information content (AvgIpc) is 2.72. The fourth-order valence-electron chi connectivity index (χ4n) is 2.06. The van der Waals surface area contributed by atoms with Gasteiger partial charge in [0, 0.05) is 6.07 Å². The van der Waals surface area contributed by atoms with Crippen LogP contribution in [0.1, 0.15) is 16.6 Å². The second-order valence-corrected chi connectivity index (χ2v) is 5.92. The van der Waals surface area contributed by atoms with Crippen LogP contribution >= 0.6 is 7.82 Å². The van der Waals surface area contributed by atoms with E-state index in [-0.39, 0.29) is 5.56 Å². The molecule has 1 fully saturated rings. The molecule has 2 heterocycles. The van der Waals surface area contributed by atoms with Crippen molar-refractivity contribution in [2.75, 3.05) is 6.61 Å². The summed E-state index contributed by atoms with van der Waals surface area (Å²) in [6.07, 6.45) is -2.51. The lowest BCUT2D eigenvalue weighted by atomic mass is 10.1. The first-order valence-electron chi connectivity index (χ1n) is 6.15. The number of aromatic nitrogens is 1. The van der Waals surface area contributed by atoms with Crippen molar-refractivity contribution in [1.82, 2.24) is 0 Å². The highest BCUT2D eigenvalue weighted by molar-refractivity contribution is 7.46. The monoisotopic (exact) mass is 336 g/mol. The molecule has 4 atom stereocenters. The Morgan fingerprint density at radius 3 is 2.64 bits per heavy atom. The van der Waals surface area contributed by atoms with Gasteiger partial charge >= 0.3 is 13.8 Å². The number of hydrogen-bond donors (Lipinski definition) is 5. The maximum atomic E-state index is 10.9. The molecule has 5 N–H and O–H groups in total. The van der Waals surface area contributed by atoms with Crippen LogP contribution in [0.2, 0.25) is 0 Å². The molecule has 0 saturated carbocycles. The maximum absolute atomic E-state index is 10.9. The summed E-state index contributed by atoms with van der Waals surface area (Å²) in [4.78, 5) is 28.2. The van der Waals surface area contributed by atoms with Crippen LogP contribution in [-0.2, 0) is 13.8 Å². The van der Waals surface area contributed by atoms with Crippen molar-refractivity contribution in [3.8, 4) is 0 Å². The van der Waals surface area contributed by atoms with Gasteiger partial charge in [0.15, 0.2) is 18.5 Å². The third-order valence-corrected chi connectivity index (χ3v) is 3.59. The molecule has 11 heteroatoms. The highest BCUT2D eigenvalue weighted by Gasteiger charge is 2.48. The Kier molecular flexibility index (Phi) is 4.93. The van der Waals surface area contributed by atoms with Crippen LogP contribution in [0, 0.1) is 0 Å². The molecule has 1 aromatic heterocycles. The lowest BCUT2D eigenvalue weighted by Gasteiger charge is -2.13. The number of hydrogen-bond acceptors (Lipinski definition) is 6. The van der Waals surface area contributed by atoms with Crippen LogP contribution in [0.25, 0.3) is 0 Å². The quantitative estimate of drug-likeness (QED) is 0.315. The number of nitrogens with zero attached hydrogens (tertiary/aromatic N) is 1. The summed E-state index contributed by atoms with van der Waals surface area (Å²) in [5, 5.41) is 28.7. The first-order chi connectivity index (χ1) is 10.2. The fraction of sp³-hybridized carbons (Fsp3) is 0.455. The van der Waals surface area contributed by atoms with Gasteiger partial charge in [0.05, 0.1) is 6.61 Å². The molecule has 0 spiro atoms. The molecular weight excluding hydrogens is 321 g/mol. The zero-order chi connectivity index (χ0) is 16.5. The van der Waals surface area contributed by atoms with Gasteiger partial charge in [-0.1, -0.05) is 0 Å². The van der Waals surface area contributed by atoms with Crippen molar-refractivity contribution in [2.45, 2.75) is 24.5 Å². The number of aliphatic hydroxyl groups is 2. The number of rotatable bonds is 5. The molecule has 2 unspecified atom stereocenters. The van der Waals surface area contributed by atoms with Gasteiger partial charge in [-0.25, -0.2) is 9.36 Å². The predicted octanol–water partition coefficient (Wildman–Crippen LogP) is -1.60. The summed E-state index contributed by atoms with van der Waals surface area (Å²) in [7, 11) is -4.73. The van der Waals surface area contributed by atoms with Gasteiger partial charge in [-0.2, -0.15) is 4.57 Å². The highest BCUT2D eigenvalue weighted by atomic mass is 31.2. The van der Waals surface area contributed by atoms with E-state index in [1.807, 2.05) is 0 Å². The molecule has 10 nitrogen and oxygen atoms in total. The van der Waals surface area contributed by atoms with Crippen LogP contribution in [0.4, 0.5) is 0 Å². The second-order valence-electron chi connectivity index (χ2n) is 4.68. The van der Waals surface area contributed by atoms with Crippen molar-refractivity contribution < 1.29 is 48.3 Å². The molecule has 0 aliphatic carbocycles. The molecule has 0 bridgehead atoms. The largest absolute Gasteiger partial charge is 0.477 e. The minimum absolute atomic E-state index is 0.0530. The van der Waals surface area contributed by atoms with Crippen LogP contribution in [0.5, 0.6) is 0 Å². The topological polar surface area (TPSA) is 158 Å². The molecule has 22 heavy (non-hydrogen) atoms. The van der Waals surface area contributed by atoms with Gasteiger partial charge in [-0.15, -0.1) is 0 Å². The van der Waals surface area contributed by atoms with Crippen LogP contribution < -0.4 is 4.57 Å². The first-order valence-corrected chi connectivity index (χ1v) is 7.68. The Balaban J connectivity index is 2.14. The minimum atomic E-state index is -4.73. The number of carbonyl (C=O) groups is 1. The molecule has 0 aromatic carbocycles. The van der Waals surface area contributed by atoms with E-state index in [2.05, 4.69) is 4.52 Å². The molecule has 1 aliphatic heterocycles. The first kappa shape index (κ1) is 17.0. The fourth-order valence-corrected chi connectivity index (χ4v) is 2.40. The molecule has 1 aliphatic rings. The van der Waals surface area contributed by atoms with E-state index in [0.29, 0.717) is 0 Å². The normalized spacial score (nSPS) is 28.7. The lowest BCUT2D eigenvalue weighted by molar-refractivity contribution is -0.765. The molecule has 1 saturated heterocycles. The summed E-state index contributed by atoms with van der Waals surface area (Å²) < 4.78 is 21.4. The second kappa shape index (κ2) is 6.39. The number of ether oxygens (including phenoxy) is 1. The molecule has 0 radical (unpaired) electrons. The van der Waals surface area contributed by atoms with Crippen molar-refractivity contribution >= 4 is 13.8 Å². The molecule has 122 valence electrons. The van der Waals surface area contributed by atoms with E-state index in [0.717, 1.165) is 0 Å². The van der Waals surface area contributed by atoms with Crippen LogP contribution in [-0.4, -0.2) is 56.0 Å². The minimum Gasteiger partial charge on any atom is -0.477 e. The van der Waals surface area contributed by atoms with Gasteiger partial charge in [0.25, 0.3) is 6.23 Å². The zero-order valence-electron chi connectivity index (χ0n) is 11.1. The van der Waals surface area contributed by atoms with Crippen molar-refractivity contribution in [3.63, 3.8) is 0 Å². The molecule has 2 rings (SSSR count). The van der Waals surface area contributed by atoms with Crippen LogP contribution in [0.3, 0.4) is 0 Å². The maximum Gasteiger partial charge on any atom is 0.469 e. The SMILES string of the molecule is O=C(O)c1ccc[n+]([C@@H]2O[C@H](COP(=O)(O)O)C(O)C2O)c1. The Bertz CT molecular complexity index is 603. The third kappa shape index (κ3) is 3.87. The van der Waals surface area contributed by atoms with Gasteiger partial charge in [0.2, 0.25) is 0 Å². The van der Waals surface area contributed by atoms with E-state index in [9.17, 15) is 19.6 Å². The Morgan fingerprint density at radius 2 is 2.05 bits per heavy atom. The van der Waals surface area contributed by atoms with E-state index in [1.54, 1.807) is 0 Å². The Hall–Kier alpha value is -1.39. The van der Waals surface area contributed by atoms with Crippen molar-refractivity contribution in [2.24, 2.45) is 0 Å². The number of phosphoric ester groups is 1. The summed E-state index contributed by atoms with van der Waals surface area (Å²) in [6, 6.07) is 2.76. The van der Waals surface area contributed by atoms with Gasteiger partial charge < -0.3 is 29.8 Å². The number of pyridine rings is 1. The molecule has 1 aromatic rings. The van der Waals surface area contributed by atoms with Crippen LogP contribution in [0.15, 0.2) is 24.5 Å². The summed E-state index contributed by atoms with van der Waals surface area (Å²) >= 11 is 0. The summed E-state index contributed by atoms with van der Waals surface area (Å²) in [5.41, 5.74) is -0.0530. The van der Waals surface area contributed by atoms with Gasteiger partial charge in [-0.3, -0.25) is 4.52 Å². The van der Waals surface area contributed by atoms with E-state index in [4.69, 9.17) is 19.6 Å². The number of aromatic carboxylic acids is 1. The predicted molar refractivity (Wildman–Crippen MR) is 67.5 cm³/mol. The van der Waals surface area contributed by atoms with Gasteiger partial charge in [-0.05, 0) is 6.07 Å². The summed E-state index contributed by atoms with van der Waals surface area (Å²) in [6.45, 7) is -0.627. The average molecular weight is 336 g/mol. The van der Waals surface area contributed by atoms with Gasteiger partial charge in [0.1, 0.15) is 17.8 Å². The van der Waals surface area contributed by atoms with E-state index in [1.165, 1.54) is 29.1 Å². The number of aliphatic hydroxyl groups excluding tert-OH is 2. The Morgan fingerprint density at radius 1 is 1.36 bits per heavy atom. The lowest BCUT2D eigenvalue weighted by Crippen LogP contribution is -2.46. The van der Waals surface area contributed by atoms with Crippen molar-refractivity contribution in [1.29, 1.82) is 0 Å². The highest BCUT2D eigenvalue weighted by Crippen LogP contribution is 2.37. The third-order valence-electron chi connectivity index (χ3n) is 3.11. The standard InChI is InChI=1S/C11H14NO9P/c13-8-7(5-20-22(17,18)19)21-10(9(8)14)12-3-1-2-6(4-12)11(15)16/h1-4,7-10,13-14H,5H2,(H2-,15,16,17,18,19)/p+1/t7-,8?,9?,10-/m1/s1. The summed E-state index contributed by atoms with van der Waals surface area (Å²) in [5.74, 6) is -1.18. The van der Waals surface area contributed by atoms with Crippen molar-refractivity contribution in [3.05, 3.63) is 30.1 Å². The molecule has 0 amide bonds. The number of carboxylic acids is 1. The molecular formula is C11H15NO9P+. The smallest absolute Gasteiger partial charge is 0.469 e. The van der Waals surface area contributed by atoms with E-state index < -0.39 is 44.9 Å².